The molecule has 2 heterocycles. The summed E-state index contributed by atoms with van der Waals surface area (Å²) in [6, 6.07) is 12.2. The van der Waals surface area contributed by atoms with Gasteiger partial charge in [0.15, 0.2) is 11.5 Å². The minimum absolute atomic E-state index is 0.208. The zero-order valence-corrected chi connectivity index (χ0v) is 9.28. The first kappa shape index (κ1) is 10.3. The Balaban J connectivity index is 2.19. The number of rotatable bonds is 1. The van der Waals surface area contributed by atoms with Crippen molar-refractivity contribution in [1.29, 1.82) is 5.26 Å². The number of phenolic OH excluding ortho intramolecular Hbond substituents is 1. The number of aromatic nitrogens is 3. The fourth-order valence-corrected chi connectivity index (χ4v) is 1.77. The maximum absolute atomic E-state index is 9.26. The van der Waals surface area contributed by atoms with E-state index in [4.69, 9.17) is 5.26 Å². The van der Waals surface area contributed by atoms with Gasteiger partial charge in [-0.3, -0.25) is 4.40 Å². The molecule has 0 aliphatic heterocycles. The molecule has 0 amide bonds. The van der Waals surface area contributed by atoms with Gasteiger partial charge in [-0.2, -0.15) is 5.26 Å². The van der Waals surface area contributed by atoms with Crippen molar-refractivity contribution in [1.82, 2.24) is 14.6 Å². The second-order valence-corrected chi connectivity index (χ2v) is 3.83. The smallest absolute Gasteiger partial charge is 0.168 e. The Morgan fingerprint density at radius 2 is 1.89 bits per heavy atom. The van der Waals surface area contributed by atoms with Gasteiger partial charge < -0.3 is 5.11 Å². The molecule has 1 aromatic carbocycles. The summed E-state index contributed by atoms with van der Waals surface area (Å²) in [7, 11) is 0. The number of phenols is 1. The maximum Gasteiger partial charge on any atom is 0.168 e. The monoisotopic (exact) mass is 236 g/mol. The third-order valence-electron chi connectivity index (χ3n) is 2.66. The van der Waals surface area contributed by atoms with E-state index >= 15 is 0 Å². The van der Waals surface area contributed by atoms with Crippen molar-refractivity contribution in [3.05, 3.63) is 48.2 Å². The lowest BCUT2D eigenvalue weighted by Crippen LogP contribution is -1.89. The van der Waals surface area contributed by atoms with Crippen LogP contribution in [-0.2, 0) is 0 Å². The Hall–Kier alpha value is -2.87. The van der Waals surface area contributed by atoms with Crippen molar-refractivity contribution in [2.24, 2.45) is 0 Å². The average molecular weight is 236 g/mol. The Bertz CT molecular complexity index is 753. The maximum atomic E-state index is 9.26. The number of fused-ring (bicyclic) bond motifs is 1. The molecule has 86 valence electrons. The predicted molar refractivity (Wildman–Crippen MR) is 64.8 cm³/mol. The first-order chi connectivity index (χ1) is 8.78. The highest BCUT2D eigenvalue weighted by molar-refractivity contribution is 5.61. The Labute approximate surface area is 103 Å². The van der Waals surface area contributed by atoms with Gasteiger partial charge in [0.2, 0.25) is 0 Å². The van der Waals surface area contributed by atoms with E-state index in [1.165, 1.54) is 0 Å². The molecule has 0 radical (unpaired) electrons. The van der Waals surface area contributed by atoms with Gasteiger partial charge in [0.1, 0.15) is 5.75 Å². The van der Waals surface area contributed by atoms with Crippen LogP contribution in [0.15, 0.2) is 42.6 Å². The molecule has 5 nitrogen and oxygen atoms in total. The van der Waals surface area contributed by atoms with Crippen LogP contribution in [0, 0.1) is 11.3 Å². The van der Waals surface area contributed by atoms with Crippen molar-refractivity contribution < 1.29 is 5.11 Å². The van der Waals surface area contributed by atoms with Crippen LogP contribution < -0.4 is 0 Å². The molecule has 18 heavy (non-hydrogen) atoms. The molecule has 3 aromatic rings. The highest BCUT2D eigenvalue weighted by Gasteiger charge is 2.08. The number of hydrogen-bond donors (Lipinski definition) is 1. The lowest BCUT2D eigenvalue weighted by molar-refractivity contribution is 0.475. The quantitative estimate of drug-likeness (QED) is 0.701. The average Bonchev–Trinajstić information content (AvgIpc) is 2.82. The van der Waals surface area contributed by atoms with Crippen molar-refractivity contribution in [2.45, 2.75) is 0 Å². The highest BCUT2D eigenvalue weighted by atomic mass is 16.3. The van der Waals surface area contributed by atoms with Crippen LogP contribution in [0.2, 0.25) is 0 Å². The summed E-state index contributed by atoms with van der Waals surface area (Å²) in [5.74, 6) is 0.883. The Kier molecular flexibility index (Phi) is 2.21. The molecule has 5 heteroatoms. The summed E-state index contributed by atoms with van der Waals surface area (Å²) in [6.07, 6.45) is 1.76. The third-order valence-corrected chi connectivity index (χ3v) is 2.66. The van der Waals surface area contributed by atoms with Crippen molar-refractivity contribution in [2.75, 3.05) is 0 Å². The fraction of sp³-hybridized carbons (Fsp3) is 0. The van der Waals surface area contributed by atoms with Crippen LogP contribution in [0.25, 0.3) is 17.0 Å². The summed E-state index contributed by atoms with van der Waals surface area (Å²) in [5, 5.41) is 26.2. The van der Waals surface area contributed by atoms with Gasteiger partial charge in [0.25, 0.3) is 0 Å². The number of nitrogens with zero attached hydrogens (tertiary/aromatic N) is 4. The zero-order chi connectivity index (χ0) is 12.5. The third kappa shape index (κ3) is 1.57. The molecule has 0 spiro atoms. The van der Waals surface area contributed by atoms with Crippen LogP contribution >= 0.6 is 0 Å². The highest BCUT2D eigenvalue weighted by Crippen LogP contribution is 2.21. The second kappa shape index (κ2) is 3.86. The summed E-state index contributed by atoms with van der Waals surface area (Å²) in [4.78, 5) is 0. The topological polar surface area (TPSA) is 74.2 Å². The molecule has 0 bridgehead atoms. The van der Waals surface area contributed by atoms with E-state index in [2.05, 4.69) is 16.3 Å². The fourth-order valence-electron chi connectivity index (χ4n) is 1.77. The molecular weight excluding hydrogens is 228 g/mol. The lowest BCUT2D eigenvalue weighted by Gasteiger charge is -2.00. The van der Waals surface area contributed by atoms with E-state index in [0.29, 0.717) is 17.0 Å². The summed E-state index contributed by atoms with van der Waals surface area (Å²) in [6.45, 7) is 0. The second-order valence-electron chi connectivity index (χ2n) is 3.83. The molecular formula is C13H8N4O. The van der Waals surface area contributed by atoms with Gasteiger partial charge in [-0.1, -0.05) is 0 Å². The molecule has 0 aliphatic carbocycles. The van der Waals surface area contributed by atoms with E-state index in [-0.39, 0.29) is 5.75 Å². The van der Waals surface area contributed by atoms with Crippen LogP contribution in [-0.4, -0.2) is 19.7 Å². The van der Waals surface area contributed by atoms with Gasteiger partial charge in [-0.25, -0.2) is 0 Å². The number of aromatic hydroxyl groups is 1. The minimum atomic E-state index is 0.208. The number of pyridine rings is 1. The van der Waals surface area contributed by atoms with Gasteiger partial charge in [0, 0.05) is 17.8 Å². The molecule has 0 unspecified atom stereocenters. The van der Waals surface area contributed by atoms with Crippen LogP contribution in [0.1, 0.15) is 5.56 Å². The van der Waals surface area contributed by atoms with Crippen LogP contribution in [0.4, 0.5) is 0 Å². The van der Waals surface area contributed by atoms with E-state index in [1.54, 1.807) is 47.0 Å². The largest absolute Gasteiger partial charge is 0.508 e. The van der Waals surface area contributed by atoms with Crippen molar-refractivity contribution in [3.8, 4) is 23.2 Å². The number of hydrogen-bond acceptors (Lipinski definition) is 4. The first-order valence-corrected chi connectivity index (χ1v) is 5.32. The molecule has 0 fully saturated rings. The molecule has 0 atom stereocenters. The van der Waals surface area contributed by atoms with Gasteiger partial charge in [-0.15, -0.1) is 10.2 Å². The Morgan fingerprint density at radius 1 is 1.11 bits per heavy atom. The van der Waals surface area contributed by atoms with Crippen LogP contribution in [0.3, 0.4) is 0 Å². The summed E-state index contributed by atoms with van der Waals surface area (Å²) >= 11 is 0. The van der Waals surface area contributed by atoms with E-state index in [0.717, 1.165) is 5.56 Å². The number of benzene rings is 1. The minimum Gasteiger partial charge on any atom is -0.508 e. The van der Waals surface area contributed by atoms with Gasteiger partial charge >= 0.3 is 0 Å². The SMILES string of the molecule is N#Cc1ccn2c(-c3ccc(O)cc3)nnc2c1. The summed E-state index contributed by atoms with van der Waals surface area (Å²) < 4.78 is 1.80. The van der Waals surface area contributed by atoms with Gasteiger partial charge in [0.05, 0.1) is 11.6 Å². The zero-order valence-electron chi connectivity index (χ0n) is 9.28. The Morgan fingerprint density at radius 3 is 2.61 bits per heavy atom. The lowest BCUT2D eigenvalue weighted by atomic mass is 10.2. The first-order valence-electron chi connectivity index (χ1n) is 5.32. The molecule has 0 aliphatic rings. The predicted octanol–water partition coefficient (Wildman–Crippen LogP) is 1.97. The van der Waals surface area contributed by atoms with Crippen LogP contribution in [0.5, 0.6) is 5.75 Å². The van der Waals surface area contributed by atoms with E-state index in [1.807, 2.05) is 0 Å². The summed E-state index contributed by atoms with van der Waals surface area (Å²) in [5.41, 5.74) is 2.02. The van der Waals surface area contributed by atoms with E-state index < -0.39 is 0 Å². The normalized spacial score (nSPS) is 10.4. The molecule has 0 saturated heterocycles. The molecule has 0 saturated carbocycles. The van der Waals surface area contributed by atoms with Crippen molar-refractivity contribution >= 4 is 5.65 Å². The standard InChI is InChI=1S/C13H8N4O/c14-8-9-5-6-17-12(7-9)15-16-13(17)10-1-3-11(18)4-2-10/h1-7,18H. The molecule has 1 N–H and O–H groups in total. The van der Waals surface area contributed by atoms with E-state index in [9.17, 15) is 5.11 Å². The van der Waals surface area contributed by atoms with Crippen molar-refractivity contribution in [3.63, 3.8) is 0 Å². The van der Waals surface area contributed by atoms with Gasteiger partial charge in [-0.05, 0) is 30.3 Å². The number of nitriles is 1. The molecule has 2 aromatic heterocycles. The molecule has 3 rings (SSSR count).